The largest absolute Gasteiger partial charge is 0.481 e. The van der Waals surface area contributed by atoms with Crippen molar-refractivity contribution < 1.29 is 20.1 Å². The van der Waals surface area contributed by atoms with Crippen molar-refractivity contribution in [1.29, 1.82) is 0 Å². The average Bonchev–Trinajstić information content (AvgIpc) is 2.97. The van der Waals surface area contributed by atoms with Crippen LogP contribution in [-0.4, -0.2) is 33.5 Å². The Morgan fingerprint density at radius 2 is 2.14 bits per heavy atom. The monoisotopic (exact) mass is 400 g/mol. The Morgan fingerprint density at radius 1 is 1.38 bits per heavy atom. The van der Waals surface area contributed by atoms with Gasteiger partial charge in [-0.3, -0.25) is 4.79 Å². The average molecular weight is 401 g/mol. The molecule has 0 saturated heterocycles. The smallest absolute Gasteiger partial charge is 0.303 e. The third kappa shape index (κ3) is 6.87. The van der Waals surface area contributed by atoms with Gasteiger partial charge < -0.3 is 15.3 Å². The number of rotatable bonds is 8. The topological polar surface area (TPSA) is 77.8 Å². The lowest BCUT2D eigenvalue weighted by Gasteiger charge is -2.29. The molecule has 2 aliphatic rings. The molecule has 0 spiro atoms. The van der Waals surface area contributed by atoms with Crippen molar-refractivity contribution in [3.63, 3.8) is 0 Å². The fraction of sp³-hybridized carbons (Fsp3) is 0.640. The van der Waals surface area contributed by atoms with Gasteiger partial charge in [-0.25, -0.2) is 0 Å². The molecule has 0 aliphatic heterocycles. The first-order valence-corrected chi connectivity index (χ1v) is 10.8. The number of carboxylic acid groups (broad SMARTS) is 1. The van der Waals surface area contributed by atoms with Gasteiger partial charge in [-0.2, -0.15) is 0 Å². The van der Waals surface area contributed by atoms with Crippen molar-refractivity contribution in [2.24, 2.45) is 23.2 Å². The Morgan fingerprint density at radius 3 is 2.83 bits per heavy atom. The molecule has 2 aliphatic carbocycles. The summed E-state index contributed by atoms with van der Waals surface area (Å²) in [6.07, 6.45) is 14.0. The molecule has 5 atom stereocenters. The zero-order valence-corrected chi connectivity index (χ0v) is 18.0. The first kappa shape index (κ1) is 23.4. The molecule has 0 aromatic rings. The van der Waals surface area contributed by atoms with Crippen molar-refractivity contribution in [3.8, 4) is 11.8 Å². The molecule has 0 aromatic carbocycles. The van der Waals surface area contributed by atoms with E-state index in [0.29, 0.717) is 24.7 Å². The minimum absolute atomic E-state index is 0.0703. The van der Waals surface area contributed by atoms with E-state index in [0.717, 1.165) is 25.7 Å². The summed E-state index contributed by atoms with van der Waals surface area (Å²) in [6.45, 7) is 6.06. The van der Waals surface area contributed by atoms with Crippen molar-refractivity contribution in [1.82, 2.24) is 0 Å². The van der Waals surface area contributed by atoms with Crippen LogP contribution in [0.25, 0.3) is 0 Å². The maximum absolute atomic E-state index is 10.6. The molecule has 4 nitrogen and oxygen atoms in total. The van der Waals surface area contributed by atoms with Gasteiger partial charge in [-0.15, -0.1) is 11.8 Å². The number of allylic oxidation sites excluding steroid dienone is 4. The molecule has 3 N–H and O–H groups in total. The summed E-state index contributed by atoms with van der Waals surface area (Å²) < 4.78 is 0. The second kappa shape index (κ2) is 10.8. The van der Waals surface area contributed by atoms with E-state index in [1.807, 2.05) is 45.1 Å². The summed E-state index contributed by atoms with van der Waals surface area (Å²) >= 11 is 0. The summed E-state index contributed by atoms with van der Waals surface area (Å²) in [6, 6.07) is 0. The third-order valence-electron chi connectivity index (χ3n) is 6.22. The van der Waals surface area contributed by atoms with Gasteiger partial charge >= 0.3 is 5.97 Å². The van der Waals surface area contributed by atoms with E-state index in [-0.39, 0.29) is 23.9 Å². The van der Waals surface area contributed by atoms with Gasteiger partial charge in [0.1, 0.15) is 0 Å². The van der Waals surface area contributed by atoms with Crippen molar-refractivity contribution in [2.75, 3.05) is 0 Å². The number of carboxylic acids is 1. The Bertz CT molecular complexity index is 704. The van der Waals surface area contributed by atoms with Crippen LogP contribution >= 0.6 is 0 Å². The highest BCUT2D eigenvalue weighted by molar-refractivity contribution is 5.66. The third-order valence-corrected chi connectivity index (χ3v) is 6.22. The molecule has 1 fully saturated rings. The van der Waals surface area contributed by atoms with E-state index in [2.05, 4.69) is 17.9 Å². The summed E-state index contributed by atoms with van der Waals surface area (Å²) in [7, 11) is 0. The Labute approximate surface area is 175 Å². The van der Waals surface area contributed by atoms with E-state index in [1.165, 1.54) is 5.57 Å². The molecule has 2 rings (SSSR count). The lowest BCUT2D eigenvalue weighted by Crippen LogP contribution is -2.28. The molecule has 4 heteroatoms. The number of aliphatic hydroxyl groups excluding tert-OH is 2. The van der Waals surface area contributed by atoms with Crippen LogP contribution in [0.2, 0.25) is 0 Å². The maximum Gasteiger partial charge on any atom is 0.303 e. The molecule has 160 valence electrons. The van der Waals surface area contributed by atoms with Crippen molar-refractivity contribution in [3.05, 3.63) is 36.0 Å². The summed E-state index contributed by atoms with van der Waals surface area (Å²) in [5.74, 6) is 6.23. The van der Waals surface area contributed by atoms with Crippen LogP contribution in [0, 0.1) is 35.0 Å². The first-order chi connectivity index (χ1) is 13.7. The highest BCUT2D eigenvalue weighted by Gasteiger charge is 2.41. The number of fused-ring (bicyclic) bond motifs is 1. The van der Waals surface area contributed by atoms with E-state index >= 15 is 0 Å². The number of aliphatic carboxylic acids is 1. The lowest BCUT2D eigenvalue weighted by molar-refractivity contribution is -0.136. The molecule has 0 radical (unpaired) electrons. The van der Waals surface area contributed by atoms with Crippen LogP contribution in [0.4, 0.5) is 0 Å². The Kier molecular flexibility index (Phi) is 8.74. The van der Waals surface area contributed by atoms with Gasteiger partial charge in [0, 0.05) is 30.6 Å². The zero-order valence-electron chi connectivity index (χ0n) is 18.0. The standard InChI is InChI=1S/C25H36O4/c1-4-5-8-15-25(2,3)23(27)14-13-21-20-12-11-18(9-6-7-10-24(28)29)16-19(20)17-22(21)26/h6,9,13-14,16,19-23,26-27H,4,7,10-12,15,17H2,1-3H3,(H,28,29)/b9-6-,14-13+/t19-,20-,21+,22+,23+/m0/s1. The number of hydrogen-bond acceptors (Lipinski definition) is 3. The predicted molar refractivity (Wildman–Crippen MR) is 116 cm³/mol. The number of carbonyl (C=O) groups is 1. The number of hydrogen-bond donors (Lipinski definition) is 3. The first-order valence-electron chi connectivity index (χ1n) is 10.8. The molecular weight excluding hydrogens is 364 g/mol. The van der Waals surface area contributed by atoms with Crippen LogP contribution in [-0.2, 0) is 4.79 Å². The van der Waals surface area contributed by atoms with Gasteiger partial charge in [0.15, 0.2) is 0 Å². The van der Waals surface area contributed by atoms with Crippen LogP contribution in [0.3, 0.4) is 0 Å². The van der Waals surface area contributed by atoms with Crippen LogP contribution in [0.5, 0.6) is 0 Å². The molecule has 0 unspecified atom stereocenters. The zero-order chi connectivity index (χ0) is 21.4. The fourth-order valence-electron chi connectivity index (χ4n) is 4.34. The van der Waals surface area contributed by atoms with E-state index in [4.69, 9.17) is 5.11 Å². The fourth-order valence-corrected chi connectivity index (χ4v) is 4.34. The van der Waals surface area contributed by atoms with Gasteiger partial charge in [0.2, 0.25) is 0 Å². The van der Waals surface area contributed by atoms with Gasteiger partial charge in [0.25, 0.3) is 0 Å². The van der Waals surface area contributed by atoms with Gasteiger partial charge in [-0.05, 0) is 37.5 Å². The van der Waals surface area contributed by atoms with Crippen molar-refractivity contribution >= 4 is 5.97 Å². The SMILES string of the molecule is CCC#CCC(C)(C)[C@H](O)/C=C/[C@@H]1[C@H]2CCC(/C=C\CCC(=O)O)=C[C@H]2C[C@H]1O. The minimum atomic E-state index is -0.774. The van der Waals surface area contributed by atoms with Gasteiger partial charge in [0.05, 0.1) is 12.2 Å². The molecule has 0 aromatic heterocycles. The quantitative estimate of drug-likeness (QED) is 0.414. The summed E-state index contributed by atoms with van der Waals surface area (Å²) in [4.78, 5) is 10.6. The lowest BCUT2D eigenvalue weighted by atomic mass is 9.78. The molecule has 0 heterocycles. The second-order valence-electron chi connectivity index (χ2n) is 9.03. The molecule has 1 saturated carbocycles. The highest BCUT2D eigenvalue weighted by Crippen LogP contribution is 2.46. The molecule has 29 heavy (non-hydrogen) atoms. The van der Waals surface area contributed by atoms with E-state index in [9.17, 15) is 15.0 Å². The Hall–Kier alpha value is -1.83. The van der Waals surface area contributed by atoms with Crippen LogP contribution < -0.4 is 0 Å². The van der Waals surface area contributed by atoms with Crippen molar-refractivity contribution in [2.45, 2.75) is 77.9 Å². The number of aliphatic hydroxyl groups is 2. The second-order valence-corrected chi connectivity index (χ2v) is 9.03. The summed E-state index contributed by atoms with van der Waals surface area (Å²) in [5.41, 5.74) is 0.922. The van der Waals surface area contributed by atoms with Crippen LogP contribution in [0.15, 0.2) is 36.0 Å². The van der Waals surface area contributed by atoms with E-state index < -0.39 is 12.1 Å². The molecule has 0 bridgehead atoms. The molecule has 0 amide bonds. The minimum Gasteiger partial charge on any atom is -0.481 e. The summed E-state index contributed by atoms with van der Waals surface area (Å²) in [5, 5.41) is 29.9. The highest BCUT2D eigenvalue weighted by atomic mass is 16.4. The molecular formula is C25H36O4. The predicted octanol–water partition coefficient (Wildman–Crippen LogP) is 4.49. The van der Waals surface area contributed by atoms with E-state index in [1.54, 1.807) is 0 Å². The van der Waals surface area contributed by atoms with Gasteiger partial charge in [-0.1, -0.05) is 56.7 Å². The normalized spacial score (nSPS) is 28.1. The Balaban J connectivity index is 1.97. The van der Waals surface area contributed by atoms with Crippen LogP contribution in [0.1, 0.15) is 65.7 Å². The maximum atomic E-state index is 10.6.